The third-order valence-corrected chi connectivity index (χ3v) is 4.34. The van der Waals surface area contributed by atoms with Gasteiger partial charge in [-0.3, -0.25) is 0 Å². The zero-order chi connectivity index (χ0) is 13.3. The molecule has 1 aromatic carbocycles. The van der Waals surface area contributed by atoms with Gasteiger partial charge in [0, 0.05) is 12.1 Å². The number of hydrogen-bond donors (Lipinski definition) is 1. The van der Waals surface area contributed by atoms with Gasteiger partial charge in [-0.2, -0.15) is 0 Å². The fourth-order valence-electron chi connectivity index (χ4n) is 2.65. The summed E-state index contributed by atoms with van der Waals surface area (Å²) in [6, 6.07) is 2.21. The highest BCUT2D eigenvalue weighted by atomic mass is 35.5. The van der Waals surface area contributed by atoms with Crippen molar-refractivity contribution in [3.63, 3.8) is 0 Å². The van der Waals surface area contributed by atoms with Crippen molar-refractivity contribution in [2.45, 2.75) is 39.2 Å². The molecule has 0 heterocycles. The summed E-state index contributed by atoms with van der Waals surface area (Å²) < 4.78 is 26.7. The molecular weight excluding hydrogens is 256 g/mol. The third kappa shape index (κ3) is 2.77. The Bertz CT molecular complexity index is 413. The van der Waals surface area contributed by atoms with Crippen LogP contribution in [0.25, 0.3) is 0 Å². The number of hydrogen-bond acceptors (Lipinski definition) is 1. The molecule has 1 nitrogen and oxygen atoms in total. The molecule has 1 aliphatic rings. The predicted octanol–water partition coefficient (Wildman–Crippen LogP) is 4.85. The second-order valence-corrected chi connectivity index (χ2v) is 5.67. The minimum atomic E-state index is -0.645. The topological polar surface area (TPSA) is 12.0 Å². The van der Waals surface area contributed by atoms with Crippen LogP contribution >= 0.6 is 11.6 Å². The molecule has 1 fully saturated rings. The van der Waals surface area contributed by atoms with Crippen LogP contribution in [0.15, 0.2) is 12.1 Å². The molecule has 0 bridgehead atoms. The molecule has 3 unspecified atom stereocenters. The lowest BCUT2D eigenvalue weighted by molar-refractivity contribution is 0.253. The van der Waals surface area contributed by atoms with Crippen molar-refractivity contribution in [2.24, 2.45) is 11.8 Å². The first-order valence-corrected chi connectivity index (χ1v) is 6.78. The van der Waals surface area contributed by atoms with Crippen LogP contribution in [0.3, 0.4) is 0 Å². The lowest BCUT2D eigenvalue weighted by Crippen LogP contribution is -2.35. The molecule has 0 aliphatic heterocycles. The van der Waals surface area contributed by atoms with E-state index in [0.717, 1.165) is 25.0 Å². The molecule has 4 heteroatoms. The van der Waals surface area contributed by atoms with Crippen molar-refractivity contribution in [1.29, 1.82) is 0 Å². The van der Waals surface area contributed by atoms with E-state index in [1.807, 2.05) is 0 Å². The largest absolute Gasteiger partial charge is 0.378 e. The first-order chi connectivity index (χ1) is 8.49. The average molecular weight is 274 g/mol. The maximum Gasteiger partial charge on any atom is 0.150 e. The summed E-state index contributed by atoms with van der Waals surface area (Å²) in [7, 11) is 0. The first kappa shape index (κ1) is 13.6. The van der Waals surface area contributed by atoms with Crippen LogP contribution in [-0.2, 0) is 0 Å². The molecule has 0 radical (unpaired) electrons. The molecule has 0 spiro atoms. The Labute approximate surface area is 112 Å². The molecule has 100 valence electrons. The molecule has 2 rings (SSSR count). The van der Waals surface area contributed by atoms with Crippen LogP contribution in [0.5, 0.6) is 0 Å². The maximum absolute atomic E-state index is 13.7. The number of rotatable bonds is 2. The fourth-order valence-corrected chi connectivity index (χ4v) is 2.90. The zero-order valence-corrected chi connectivity index (χ0v) is 11.4. The molecular formula is C14H18ClF2N. The SMILES string of the molecule is CC1CCCC(Nc2c(F)cc(F)cc2Cl)C1C. The average Bonchev–Trinajstić information content (AvgIpc) is 2.28. The Kier molecular flexibility index (Phi) is 4.10. The van der Waals surface area contributed by atoms with Gasteiger partial charge in [0.05, 0.1) is 10.7 Å². The fraction of sp³-hybridized carbons (Fsp3) is 0.571. The second-order valence-electron chi connectivity index (χ2n) is 5.26. The standard InChI is InChI=1S/C14H18ClF2N/c1-8-4-3-5-13(9(8)2)18-14-11(15)6-10(16)7-12(14)17/h6-9,13,18H,3-5H2,1-2H3. The predicted molar refractivity (Wildman–Crippen MR) is 71.0 cm³/mol. The van der Waals surface area contributed by atoms with Crippen molar-refractivity contribution in [1.82, 2.24) is 0 Å². The molecule has 1 aromatic rings. The van der Waals surface area contributed by atoms with E-state index in [1.54, 1.807) is 0 Å². The highest BCUT2D eigenvalue weighted by molar-refractivity contribution is 6.33. The summed E-state index contributed by atoms with van der Waals surface area (Å²) >= 11 is 5.90. The monoisotopic (exact) mass is 273 g/mol. The molecule has 18 heavy (non-hydrogen) atoms. The highest BCUT2D eigenvalue weighted by Crippen LogP contribution is 2.34. The van der Waals surface area contributed by atoms with E-state index < -0.39 is 11.6 Å². The Morgan fingerprint density at radius 3 is 2.61 bits per heavy atom. The number of halogens is 3. The molecule has 3 atom stereocenters. The molecule has 0 saturated heterocycles. The molecule has 1 saturated carbocycles. The van der Waals surface area contributed by atoms with Crippen LogP contribution in [0.1, 0.15) is 33.1 Å². The quantitative estimate of drug-likeness (QED) is 0.812. The summed E-state index contributed by atoms with van der Waals surface area (Å²) in [6.45, 7) is 4.37. The van der Waals surface area contributed by atoms with Gasteiger partial charge in [-0.05, 0) is 24.3 Å². The maximum atomic E-state index is 13.7. The lowest BCUT2D eigenvalue weighted by atomic mass is 9.78. The van der Waals surface area contributed by atoms with Crippen molar-refractivity contribution >= 4 is 17.3 Å². The van der Waals surface area contributed by atoms with Gasteiger partial charge >= 0.3 is 0 Å². The number of benzene rings is 1. The number of anilines is 1. The van der Waals surface area contributed by atoms with Crippen molar-refractivity contribution in [2.75, 3.05) is 5.32 Å². The van der Waals surface area contributed by atoms with Gasteiger partial charge < -0.3 is 5.32 Å². The van der Waals surface area contributed by atoms with Crippen molar-refractivity contribution < 1.29 is 8.78 Å². The van der Waals surface area contributed by atoms with Crippen molar-refractivity contribution in [3.05, 3.63) is 28.8 Å². The van der Waals surface area contributed by atoms with Gasteiger partial charge in [-0.25, -0.2) is 8.78 Å². The van der Waals surface area contributed by atoms with Gasteiger partial charge in [0.15, 0.2) is 5.82 Å². The zero-order valence-electron chi connectivity index (χ0n) is 10.6. The lowest BCUT2D eigenvalue weighted by Gasteiger charge is -2.35. The van der Waals surface area contributed by atoms with E-state index in [9.17, 15) is 8.78 Å². The number of nitrogens with one attached hydrogen (secondary N) is 1. The summed E-state index contributed by atoms with van der Waals surface area (Å²) in [5, 5.41) is 3.26. The van der Waals surface area contributed by atoms with Crippen LogP contribution in [-0.4, -0.2) is 6.04 Å². The Balaban J connectivity index is 2.18. The van der Waals surface area contributed by atoms with Crippen molar-refractivity contribution in [3.8, 4) is 0 Å². The van der Waals surface area contributed by atoms with E-state index in [1.165, 1.54) is 6.42 Å². The normalized spacial score (nSPS) is 28.2. The minimum absolute atomic E-state index is 0.109. The summed E-state index contributed by atoms with van der Waals surface area (Å²) in [6.07, 6.45) is 3.33. The van der Waals surface area contributed by atoms with Gasteiger partial charge in [-0.1, -0.05) is 38.3 Å². The van der Waals surface area contributed by atoms with Crippen LogP contribution < -0.4 is 5.32 Å². The van der Waals surface area contributed by atoms with Gasteiger partial charge in [0.1, 0.15) is 5.82 Å². The van der Waals surface area contributed by atoms with Crippen LogP contribution in [0.2, 0.25) is 5.02 Å². The minimum Gasteiger partial charge on any atom is -0.378 e. The smallest absolute Gasteiger partial charge is 0.150 e. The summed E-state index contributed by atoms with van der Waals surface area (Å²) in [5.41, 5.74) is 0.226. The van der Waals surface area contributed by atoms with E-state index in [-0.39, 0.29) is 16.8 Å². The highest BCUT2D eigenvalue weighted by Gasteiger charge is 2.28. The Morgan fingerprint density at radius 2 is 1.94 bits per heavy atom. The van der Waals surface area contributed by atoms with E-state index in [2.05, 4.69) is 19.2 Å². The second kappa shape index (κ2) is 5.43. The van der Waals surface area contributed by atoms with Gasteiger partial charge in [0.25, 0.3) is 0 Å². The molecule has 1 aliphatic carbocycles. The van der Waals surface area contributed by atoms with E-state index in [0.29, 0.717) is 11.8 Å². The Hall–Kier alpha value is -0.830. The summed E-state index contributed by atoms with van der Waals surface area (Å²) in [4.78, 5) is 0. The Morgan fingerprint density at radius 1 is 1.22 bits per heavy atom. The van der Waals surface area contributed by atoms with Gasteiger partial charge in [-0.15, -0.1) is 0 Å². The third-order valence-electron chi connectivity index (χ3n) is 4.04. The van der Waals surface area contributed by atoms with Crippen LogP contribution in [0, 0.1) is 23.5 Å². The van der Waals surface area contributed by atoms with E-state index in [4.69, 9.17) is 11.6 Å². The first-order valence-electron chi connectivity index (χ1n) is 6.40. The van der Waals surface area contributed by atoms with Gasteiger partial charge in [0.2, 0.25) is 0 Å². The van der Waals surface area contributed by atoms with Crippen LogP contribution in [0.4, 0.5) is 14.5 Å². The molecule has 0 amide bonds. The van der Waals surface area contributed by atoms with E-state index >= 15 is 0 Å². The molecule has 1 N–H and O–H groups in total. The molecule has 0 aromatic heterocycles. The summed E-state index contributed by atoms with van der Waals surface area (Å²) in [5.74, 6) is -0.198.